The summed E-state index contributed by atoms with van der Waals surface area (Å²) in [4.78, 5) is 0. The van der Waals surface area contributed by atoms with E-state index in [1.807, 2.05) is 13.8 Å². The lowest BCUT2D eigenvalue weighted by Crippen LogP contribution is -2.34. The van der Waals surface area contributed by atoms with Gasteiger partial charge in [0.2, 0.25) is 0 Å². The van der Waals surface area contributed by atoms with Crippen molar-refractivity contribution in [2.24, 2.45) is 0 Å². The van der Waals surface area contributed by atoms with Crippen LogP contribution in [0, 0.1) is 0 Å². The zero-order valence-electron chi connectivity index (χ0n) is 23.7. The Hall–Kier alpha value is -4.86. The lowest BCUT2D eigenvalue weighted by Gasteiger charge is -2.19. The van der Waals surface area contributed by atoms with Crippen molar-refractivity contribution in [1.29, 1.82) is 0 Å². The Morgan fingerprint density at radius 1 is 0.524 bits per heavy atom. The highest BCUT2D eigenvalue weighted by molar-refractivity contribution is 6.62. The van der Waals surface area contributed by atoms with Crippen molar-refractivity contribution in [2.75, 3.05) is 0 Å². The zero-order valence-corrected chi connectivity index (χ0v) is 23.7. The summed E-state index contributed by atoms with van der Waals surface area (Å²) < 4.78 is 12.5. The highest BCUT2D eigenvalue weighted by Gasteiger charge is 2.43. The number of fused-ring (bicyclic) bond motifs is 4. The van der Waals surface area contributed by atoms with Crippen LogP contribution >= 0.6 is 0 Å². The Morgan fingerprint density at radius 2 is 1.02 bits per heavy atom. The molecule has 1 saturated heterocycles. The van der Waals surface area contributed by atoms with Crippen LogP contribution in [0.15, 0.2) is 140 Å². The van der Waals surface area contributed by atoms with Crippen LogP contribution in [0.3, 0.4) is 0 Å². The molecule has 0 aliphatic carbocycles. The lowest BCUT2D eigenvalue weighted by atomic mass is 9.76. The maximum Gasteiger partial charge on any atom is 0.563 e. The predicted molar refractivity (Wildman–Crippen MR) is 178 cm³/mol. The van der Waals surface area contributed by atoms with Crippen LogP contribution in [0.4, 0.5) is 0 Å². The minimum Gasteiger partial charge on any atom is -0.534 e. The van der Waals surface area contributed by atoms with Gasteiger partial charge in [0.1, 0.15) is 5.60 Å². The van der Waals surface area contributed by atoms with E-state index in [0.717, 1.165) is 5.46 Å². The Kier molecular flexibility index (Phi) is 5.54. The fourth-order valence-electron chi connectivity index (χ4n) is 6.42. The average Bonchev–Trinajstić information content (AvgIpc) is 3.30. The fraction of sp³-hybridized carbons (Fsp3) is 0.0769. The van der Waals surface area contributed by atoms with Gasteiger partial charge in [-0.3, -0.25) is 0 Å². The largest absolute Gasteiger partial charge is 0.563 e. The molecule has 7 aromatic rings. The predicted octanol–water partition coefficient (Wildman–Crippen LogP) is 9.67. The summed E-state index contributed by atoms with van der Waals surface area (Å²) in [5.74, 6) is 0.651. The smallest absolute Gasteiger partial charge is 0.534 e. The Bertz CT molecular complexity index is 2210. The van der Waals surface area contributed by atoms with Crippen LogP contribution in [0.25, 0.3) is 65.3 Å². The van der Waals surface area contributed by atoms with Crippen molar-refractivity contribution in [1.82, 2.24) is 0 Å². The molecule has 0 unspecified atom stereocenters. The summed E-state index contributed by atoms with van der Waals surface area (Å²) in [6.45, 7) is 8.12. The lowest BCUT2D eigenvalue weighted by molar-refractivity contribution is 0.173. The van der Waals surface area contributed by atoms with E-state index in [1.54, 1.807) is 0 Å². The monoisotopic (exact) mass is 540 g/mol. The normalized spacial score (nSPS) is 14.7. The van der Waals surface area contributed by atoms with Crippen molar-refractivity contribution in [3.05, 3.63) is 140 Å². The molecule has 200 valence electrons. The average molecular weight is 540 g/mol. The Morgan fingerprint density at radius 3 is 1.57 bits per heavy atom. The molecule has 0 radical (unpaired) electrons. The summed E-state index contributed by atoms with van der Waals surface area (Å²) in [6, 6.07) is 46.1. The highest BCUT2D eigenvalue weighted by atomic mass is 16.7. The van der Waals surface area contributed by atoms with Gasteiger partial charge >= 0.3 is 7.12 Å². The molecule has 1 heterocycles. The molecule has 2 nitrogen and oxygen atoms in total. The highest BCUT2D eigenvalue weighted by Crippen LogP contribution is 2.44. The van der Waals surface area contributed by atoms with Gasteiger partial charge in [-0.25, -0.2) is 0 Å². The van der Waals surface area contributed by atoms with Crippen molar-refractivity contribution < 1.29 is 9.31 Å². The third-order valence-electron chi connectivity index (χ3n) is 8.72. The molecule has 0 saturated carbocycles. The van der Waals surface area contributed by atoms with Gasteiger partial charge in [-0.05, 0) is 96.8 Å². The molecule has 8 rings (SSSR count). The van der Waals surface area contributed by atoms with Gasteiger partial charge in [-0.2, -0.15) is 0 Å². The van der Waals surface area contributed by atoms with E-state index in [0.29, 0.717) is 5.76 Å². The summed E-state index contributed by atoms with van der Waals surface area (Å²) >= 11 is 0. The van der Waals surface area contributed by atoms with Gasteiger partial charge < -0.3 is 9.31 Å². The molecule has 0 amide bonds. The number of hydrogen-bond donors (Lipinski definition) is 0. The molecule has 1 fully saturated rings. The molecule has 1 aliphatic rings. The van der Waals surface area contributed by atoms with Gasteiger partial charge in [0.05, 0.1) is 5.76 Å². The van der Waals surface area contributed by atoms with E-state index >= 15 is 0 Å². The van der Waals surface area contributed by atoms with Gasteiger partial charge in [-0.1, -0.05) is 122 Å². The van der Waals surface area contributed by atoms with Gasteiger partial charge in [0.15, 0.2) is 0 Å². The standard InChI is InChI=1S/C39H29BO2/c1-25-39(2,3)42-40(41-25)32-20-21-35-36(24-32)38(31-19-17-27-11-5-7-13-29(27)23-31)34-15-9-8-14-33(34)37(35)30-18-16-26-10-4-6-12-28(26)22-30/h4-24H,1H2,2-3H3. The van der Waals surface area contributed by atoms with E-state index in [2.05, 4.69) is 134 Å². The summed E-state index contributed by atoms with van der Waals surface area (Å²) in [5.41, 5.74) is 5.29. The molecule has 42 heavy (non-hydrogen) atoms. The number of rotatable bonds is 3. The number of benzene rings is 7. The first-order valence-corrected chi connectivity index (χ1v) is 14.5. The minimum absolute atomic E-state index is 0.503. The minimum atomic E-state index is -0.541. The first kappa shape index (κ1) is 24.9. The SMILES string of the molecule is C=C1OB(c2ccc3c(-c4ccc5ccccc5c4)c4ccccc4c(-c4ccc5ccccc5c4)c3c2)OC1(C)C. The van der Waals surface area contributed by atoms with E-state index in [9.17, 15) is 0 Å². The molecular weight excluding hydrogens is 511 g/mol. The molecular formula is C39H29BO2. The van der Waals surface area contributed by atoms with Crippen LogP contribution in [0.1, 0.15) is 13.8 Å². The van der Waals surface area contributed by atoms with Crippen LogP contribution in [-0.4, -0.2) is 12.7 Å². The Balaban J connectivity index is 1.46. The summed E-state index contributed by atoms with van der Waals surface area (Å²) in [5, 5.41) is 9.76. The third-order valence-corrected chi connectivity index (χ3v) is 8.72. The fourth-order valence-corrected chi connectivity index (χ4v) is 6.42. The van der Waals surface area contributed by atoms with Crippen LogP contribution in [0.2, 0.25) is 0 Å². The quantitative estimate of drug-likeness (QED) is 0.164. The molecule has 0 aromatic heterocycles. The molecule has 7 aromatic carbocycles. The van der Waals surface area contributed by atoms with Crippen molar-refractivity contribution in [3.63, 3.8) is 0 Å². The van der Waals surface area contributed by atoms with Gasteiger partial charge in [0, 0.05) is 0 Å². The van der Waals surface area contributed by atoms with E-state index in [4.69, 9.17) is 9.31 Å². The second kappa shape index (κ2) is 9.34. The van der Waals surface area contributed by atoms with E-state index in [1.165, 1.54) is 65.3 Å². The van der Waals surface area contributed by atoms with Crippen molar-refractivity contribution >= 4 is 55.7 Å². The number of hydrogen-bond acceptors (Lipinski definition) is 2. The molecule has 0 atom stereocenters. The molecule has 0 N–H and O–H groups in total. The van der Waals surface area contributed by atoms with Crippen molar-refractivity contribution in [2.45, 2.75) is 19.4 Å². The van der Waals surface area contributed by atoms with Gasteiger partial charge in [0.25, 0.3) is 0 Å². The third kappa shape index (κ3) is 3.93. The van der Waals surface area contributed by atoms with Crippen LogP contribution in [-0.2, 0) is 9.31 Å². The second-order valence-electron chi connectivity index (χ2n) is 11.7. The Labute approximate surface area is 246 Å². The first-order chi connectivity index (χ1) is 20.5. The van der Waals surface area contributed by atoms with Crippen LogP contribution < -0.4 is 5.46 Å². The molecule has 1 aliphatic heterocycles. The first-order valence-electron chi connectivity index (χ1n) is 14.5. The summed E-state index contributed by atoms with van der Waals surface area (Å²) in [7, 11) is -0.503. The van der Waals surface area contributed by atoms with Crippen molar-refractivity contribution in [3.8, 4) is 22.3 Å². The molecule has 0 bridgehead atoms. The van der Waals surface area contributed by atoms with E-state index < -0.39 is 12.7 Å². The van der Waals surface area contributed by atoms with Crippen LogP contribution in [0.5, 0.6) is 0 Å². The van der Waals surface area contributed by atoms with E-state index in [-0.39, 0.29) is 0 Å². The molecule has 3 heteroatoms. The summed E-state index contributed by atoms with van der Waals surface area (Å²) in [6.07, 6.45) is 0. The maximum atomic E-state index is 6.33. The zero-order chi connectivity index (χ0) is 28.4. The maximum absolute atomic E-state index is 6.33. The second-order valence-corrected chi connectivity index (χ2v) is 11.7. The van der Waals surface area contributed by atoms with Gasteiger partial charge in [-0.15, -0.1) is 0 Å². The molecule has 0 spiro atoms. The topological polar surface area (TPSA) is 18.5 Å².